The summed E-state index contributed by atoms with van der Waals surface area (Å²) in [5.74, 6) is -0.658. The summed E-state index contributed by atoms with van der Waals surface area (Å²) in [7, 11) is 0. The molecule has 0 spiro atoms. The van der Waals surface area contributed by atoms with Crippen LogP contribution < -0.4 is 16.6 Å². The molecule has 8 nitrogen and oxygen atoms in total. The predicted molar refractivity (Wildman–Crippen MR) is 109 cm³/mol. The van der Waals surface area contributed by atoms with E-state index >= 15 is 0 Å². The van der Waals surface area contributed by atoms with E-state index in [0.717, 1.165) is 4.68 Å². The Hall–Kier alpha value is -3.27. The van der Waals surface area contributed by atoms with E-state index in [-0.39, 0.29) is 29.5 Å². The van der Waals surface area contributed by atoms with Gasteiger partial charge in [-0.05, 0) is 35.6 Å². The van der Waals surface area contributed by atoms with Gasteiger partial charge in [-0.2, -0.15) is 0 Å². The maximum absolute atomic E-state index is 13.3. The van der Waals surface area contributed by atoms with Crippen molar-refractivity contribution in [1.29, 1.82) is 0 Å². The first-order chi connectivity index (χ1) is 13.8. The molecule has 3 aromatic heterocycles. The van der Waals surface area contributed by atoms with Crippen LogP contribution in [-0.4, -0.2) is 24.7 Å². The number of nitrogens with one attached hydrogen (secondary N) is 1. The van der Waals surface area contributed by atoms with Crippen molar-refractivity contribution < 1.29 is 9.18 Å². The van der Waals surface area contributed by atoms with Gasteiger partial charge in [0.2, 0.25) is 11.7 Å². The molecule has 0 atom stereocenters. The summed E-state index contributed by atoms with van der Waals surface area (Å²) < 4.78 is 17.6. The Morgan fingerprint density at radius 1 is 1.28 bits per heavy atom. The third-order valence-corrected chi connectivity index (χ3v) is 5.23. The molecule has 0 saturated heterocycles. The standard InChI is InChI=1S/C19H18FN5O3S/c1-11(2)9-23-17(27)16-14(6-7-29-16)25-18(23)22-24(19(25)28)10-15(26)21-13-5-3-4-12(20)8-13/h3-8,11H,9-10H2,1-2H3,(H,21,26). The molecule has 4 aromatic rings. The van der Waals surface area contributed by atoms with Crippen molar-refractivity contribution in [3.63, 3.8) is 0 Å². The van der Waals surface area contributed by atoms with Crippen LogP contribution in [0.3, 0.4) is 0 Å². The molecule has 10 heteroatoms. The minimum absolute atomic E-state index is 0.158. The van der Waals surface area contributed by atoms with Gasteiger partial charge in [0.05, 0.1) is 5.52 Å². The van der Waals surface area contributed by atoms with Gasteiger partial charge >= 0.3 is 5.69 Å². The Balaban J connectivity index is 1.78. The molecule has 0 saturated carbocycles. The molecule has 0 unspecified atom stereocenters. The van der Waals surface area contributed by atoms with Crippen LogP contribution in [0.2, 0.25) is 0 Å². The molecule has 0 bridgehead atoms. The molecule has 0 aliphatic carbocycles. The lowest BCUT2D eigenvalue weighted by Gasteiger charge is -2.09. The number of halogens is 1. The van der Waals surface area contributed by atoms with E-state index in [1.807, 2.05) is 13.8 Å². The van der Waals surface area contributed by atoms with Crippen molar-refractivity contribution in [2.75, 3.05) is 5.32 Å². The van der Waals surface area contributed by atoms with Crippen LogP contribution in [0.1, 0.15) is 13.8 Å². The molecule has 1 aromatic carbocycles. The van der Waals surface area contributed by atoms with Crippen molar-refractivity contribution in [1.82, 2.24) is 18.7 Å². The SMILES string of the molecule is CC(C)Cn1c(=O)c2sccc2n2c(=O)n(CC(=O)Nc3cccc(F)c3)nc12. The molecule has 0 aliphatic heterocycles. The van der Waals surface area contributed by atoms with Gasteiger partial charge in [0.1, 0.15) is 17.1 Å². The second-order valence-corrected chi connectivity index (χ2v) is 7.99. The van der Waals surface area contributed by atoms with Gasteiger partial charge in [0.25, 0.3) is 5.56 Å². The first-order valence-corrected chi connectivity index (χ1v) is 9.88. The van der Waals surface area contributed by atoms with Crippen LogP contribution in [0.25, 0.3) is 16.0 Å². The van der Waals surface area contributed by atoms with Crippen LogP contribution in [0.5, 0.6) is 0 Å². The molecule has 1 N–H and O–H groups in total. The zero-order valence-corrected chi connectivity index (χ0v) is 16.6. The van der Waals surface area contributed by atoms with Crippen molar-refractivity contribution in [3.8, 4) is 0 Å². The fourth-order valence-electron chi connectivity index (χ4n) is 3.17. The van der Waals surface area contributed by atoms with E-state index in [9.17, 15) is 18.8 Å². The first-order valence-electron chi connectivity index (χ1n) is 9.00. The van der Waals surface area contributed by atoms with E-state index in [1.165, 1.54) is 38.5 Å². The number of fused-ring (bicyclic) bond motifs is 3. The Kier molecular flexibility index (Phi) is 4.79. The third kappa shape index (κ3) is 3.46. The van der Waals surface area contributed by atoms with E-state index in [4.69, 9.17) is 0 Å². The van der Waals surface area contributed by atoms with Gasteiger partial charge in [0.15, 0.2) is 0 Å². The highest BCUT2D eigenvalue weighted by atomic mass is 32.1. The number of thiophene rings is 1. The lowest BCUT2D eigenvalue weighted by Crippen LogP contribution is -2.29. The number of carbonyl (C=O) groups excluding carboxylic acids is 1. The summed E-state index contributed by atoms with van der Waals surface area (Å²) in [6, 6.07) is 7.15. The Bertz CT molecular complexity index is 1350. The highest BCUT2D eigenvalue weighted by Gasteiger charge is 2.20. The summed E-state index contributed by atoms with van der Waals surface area (Å²) in [6.07, 6.45) is 0. The largest absolute Gasteiger partial charge is 0.352 e. The minimum atomic E-state index is -0.527. The number of nitrogens with zero attached hydrogens (tertiary/aromatic N) is 4. The number of hydrogen-bond acceptors (Lipinski definition) is 5. The van der Waals surface area contributed by atoms with Gasteiger partial charge in [-0.15, -0.1) is 16.4 Å². The van der Waals surface area contributed by atoms with Crippen molar-refractivity contribution in [2.24, 2.45) is 5.92 Å². The normalized spacial score (nSPS) is 11.6. The van der Waals surface area contributed by atoms with E-state index in [1.54, 1.807) is 17.5 Å². The first kappa shape index (κ1) is 19.1. The van der Waals surface area contributed by atoms with Crippen LogP contribution in [0, 0.1) is 11.7 Å². The fraction of sp³-hybridized carbons (Fsp3) is 0.263. The number of rotatable bonds is 5. The van der Waals surface area contributed by atoms with E-state index in [2.05, 4.69) is 10.4 Å². The second kappa shape index (κ2) is 7.28. The van der Waals surface area contributed by atoms with Gasteiger partial charge < -0.3 is 5.32 Å². The van der Waals surface area contributed by atoms with Crippen LogP contribution in [0.4, 0.5) is 10.1 Å². The Morgan fingerprint density at radius 3 is 2.79 bits per heavy atom. The van der Waals surface area contributed by atoms with E-state index in [0.29, 0.717) is 16.8 Å². The molecule has 150 valence electrons. The molecule has 1 amide bonds. The van der Waals surface area contributed by atoms with E-state index < -0.39 is 17.4 Å². The third-order valence-electron chi connectivity index (χ3n) is 4.34. The minimum Gasteiger partial charge on any atom is -0.324 e. The molecule has 4 rings (SSSR count). The summed E-state index contributed by atoms with van der Waals surface area (Å²) in [4.78, 5) is 38.1. The lowest BCUT2D eigenvalue weighted by atomic mass is 10.2. The quantitative estimate of drug-likeness (QED) is 0.542. The highest BCUT2D eigenvalue weighted by molar-refractivity contribution is 7.17. The molecule has 0 aliphatic rings. The average molecular weight is 415 g/mol. The fourth-order valence-corrected chi connectivity index (χ4v) is 3.99. The van der Waals surface area contributed by atoms with Crippen LogP contribution in [-0.2, 0) is 17.9 Å². The van der Waals surface area contributed by atoms with Gasteiger partial charge in [-0.25, -0.2) is 18.3 Å². The summed E-state index contributed by atoms with van der Waals surface area (Å²) in [5.41, 5.74) is 0.0217. The summed E-state index contributed by atoms with van der Waals surface area (Å²) in [5, 5.41) is 8.54. The molecular formula is C19H18FN5O3S. The van der Waals surface area contributed by atoms with Crippen LogP contribution >= 0.6 is 11.3 Å². The second-order valence-electron chi connectivity index (χ2n) is 7.08. The number of amides is 1. The lowest BCUT2D eigenvalue weighted by molar-refractivity contribution is -0.117. The van der Waals surface area contributed by atoms with Crippen LogP contribution in [0.15, 0.2) is 45.3 Å². The average Bonchev–Trinajstić information content (AvgIpc) is 3.24. The van der Waals surface area contributed by atoms with Crippen molar-refractivity contribution in [2.45, 2.75) is 26.9 Å². The zero-order valence-electron chi connectivity index (χ0n) is 15.8. The molecule has 0 radical (unpaired) electrons. The number of anilines is 1. The number of carbonyl (C=O) groups is 1. The highest BCUT2D eigenvalue weighted by Crippen LogP contribution is 2.18. The van der Waals surface area contributed by atoms with Gasteiger partial charge in [-0.3, -0.25) is 14.2 Å². The summed E-state index contributed by atoms with van der Waals surface area (Å²) in [6.45, 7) is 3.95. The smallest absolute Gasteiger partial charge is 0.324 e. The molecular weight excluding hydrogens is 397 g/mol. The topological polar surface area (TPSA) is 90.4 Å². The molecule has 29 heavy (non-hydrogen) atoms. The predicted octanol–water partition coefficient (Wildman–Crippen LogP) is 2.31. The maximum Gasteiger partial charge on any atom is 0.352 e. The molecule has 0 fully saturated rings. The number of benzene rings is 1. The Morgan fingerprint density at radius 2 is 2.07 bits per heavy atom. The van der Waals surface area contributed by atoms with Crippen molar-refractivity contribution in [3.05, 3.63) is 62.4 Å². The monoisotopic (exact) mass is 415 g/mol. The number of hydrogen-bond donors (Lipinski definition) is 1. The zero-order chi connectivity index (χ0) is 20.7. The maximum atomic E-state index is 13.3. The van der Waals surface area contributed by atoms with Crippen molar-refractivity contribution >= 4 is 38.9 Å². The molecule has 3 heterocycles. The number of aromatic nitrogens is 4. The van der Waals surface area contributed by atoms with Gasteiger partial charge in [-0.1, -0.05) is 19.9 Å². The Labute approximate surface area is 167 Å². The van der Waals surface area contributed by atoms with Gasteiger partial charge in [0, 0.05) is 12.2 Å². The summed E-state index contributed by atoms with van der Waals surface area (Å²) >= 11 is 1.26.